The standard InChI is InChI=1S/C35H30N4/c1-3-15-30(36-26-16-7-5-8-17-26)28(4-2)31-22-13-24-34(38-31)35-25-14-23-33(39-35)29-20-11-12-21-32(29)37-27-18-9-6-10-19-27/h3-25,36-37H,2H2,1H3/b15-3-,30-28-. The summed E-state index contributed by atoms with van der Waals surface area (Å²) in [5.41, 5.74) is 9.16. The van der Waals surface area contributed by atoms with Crippen molar-refractivity contribution in [2.24, 2.45) is 0 Å². The summed E-state index contributed by atoms with van der Waals surface area (Å²) in [7, 11) is 0. The molecule has 0 aliphatic carbocycles. The van der Waals surface area contributed by atoms with Crippen molar-refractivity contribution >= 4 is 22.6 Å². The topological polar surface area (TPSA) is 49.8 Å². The first-order valence-corrected chi connectivity index (χ1v) is 12.9. The van der Waals surface area contributed by atoms with E-state index in [9.17, 15) is 0 Å². The minimum Gasteiger partial charge on any atom is -0.355 e. The van der Waals surface area contributed by atoms with Crippen LogP contribution in [0.1, 0.15) is 12.6 Å². The molecule has 2 N–H and O–H groups in total. The van der Waals surface area contributed by atoms with Crippen molar-refractivity contribution in [3.05, 3.63) is 158 Å². The fraction of sp³-hybridized carbons (Fsp3) is 0.0286. The minimum absolute atomic E-state index is 0.793. The predicted molar refractivity (Wildman–Crippen MR) is 165 cm³/mol. The molecule has 4 heteroatoms. The minimum atomic E-state index is 0.793. The van der Waals surface area contributed by atoms with Gasteiger partial charge < -0.3 is 10.6 Å². The lowest BCUT2D eigenvalue weighted by atomic mass is 10.1. The number of pyridine rings is 2. The van der Waals surface area contributed by atoms with E-state index in [0.29, 0.717) is 0 Å². The number of nitrogens with zero attached hydrogens (tertiary/aromatic N) is 2. The van der Waals surface area contributed by atoms with E-state index in [4.69, 9.17) is 9.97 Å². The van der Waals surface area contributed by atoms with Crippen molar-refractivity contribution in [1.29, 1.82) is 0 Å². The molecule has 0 saturated heterocycles. The van der Waals surface area contributed by atoms with Crippen LogP contribution in [0.5, 0.6) is 0 Å². The van der Waals surface area contributed by atoms with E-state index in [1.54, 1.807) is 0 Å². The number of anilines is 3. The Morgan fingerprint density at radius 3 is 1.97 bits per heavy atom. The van der Waals surface area contributed by atoms with Gasteiger partial charge >= 0.3 is 0 Å². The number of allylic oxidation sites excluding steroid dienone is 4. The molecular weight excluding hydrogens is 476 g/mol. The van der Waals surface area contributed by atoms with Gasteiger partial charge in [-0.1, -0.05) is 85.5 Å². The number of aromatic nitrogens is 2. The highest BCUT2D eigenvalue weighted by atomic mass is 14.9. The molecule has 0 bridgehead atoms. The molecule has 3 aromatic carbocycles. The Hall–Kier alpha value is -5.22. The maximum Gasteiger partial charge on any atom is 0.0893 e. The smallest absolute Gasteiger partial charge is 0.0893 e. The van der Waals surface area contributed by atoms with E-state index in [0.717, 1.165) is 56.7 Å². The Labute approximate surface area is 230 Å². The second-order valence-electron chi connectivity index (χ2n) is 8.88. The highest BCUT2D eigenvalue weighted by Gasteiger charge is 2.12. The van der Waals surface area contributed by atoms with Crippen LogP contribution in [0, 0.1) is 0 Å². The predicted octanol–water partition coefficient (Wildman–Crippen LogP) is 9.14. The number of para-hydroxylation sites is 3. The summed E-state index contributed by atoms with van der Waals surface area (Å²) in [5.74, 6) is 0. The largest absolute Gasteiger partial charge is 0.355 e. The summed E-state index contributed by atoms with van der Waals surface area (Å²) in [6.07, 6.45) is 5.88. The van der Waals surface area contributed by atoms with Crippen molar-refractivity contribution in [3.63, 3.8) is 0 Å². The molecule has 0 spiro atoms. The van der Waals surface area contributed by atoms with Crippen molar-refractivity contribution in [2.75, 3.05) is 10.6 Å². The Balaban J connectivity index is 1.51. The molecule has 39 heavy (non-hydrogen) atoms. The SMILES string of the molecule is C=C/C(=C(\C=C/C)Nc1ccccc1)c1cccc(-c2cccc(-c3ccccc3Nc3ccccc3)n2)n1. The maximum absolute atomic E-state index is 5.02. The second-order valence-corrected chi connectivity index (χ2v) is 8.88. The first kappa shape index (κ1) is 25.4. The first-order chi connectivity index (χ1) is 19.2. The Kier molecular flexibility index (Phi) is 8.05. The lowest BCUT2D eigenvalue weighted by Gasteiger charge is -2.14. The first-order valence-electron chi connectivity index (χ1n) is 12.9. The van der Waals surface area contributed by atoms with Gasteiger partial charge in [0.2, 0.25) is 0 Å². The van der Waals surface area contributed by atoms with Crippen LogP contribution in [-0.4, -0.2) is 9.97 Å². The summed E-state index contributed by atoms with van der Waals surface area (Å²) in [4.78, 5) is 10.0. The molecule has 190 valence electrons. The molecule has 2 aromatic heterocycles. The Bertz CT molecular complexity index is 1620. The van der Waals surface area contributed by atoms with Gasteiger partial charge in [-0.2, -0.15) is 0 Å². The molecule has 2 heterocycles. The third-order valence-corrected chi connectivity index (χ3v) is 6.17. The molecule has 0 unspecified atom stereocenters. The average molecular weight is 507 g/mol. The molecule has 0 aliphatic heterocycles. The van der Waals surface area contributed by atoms with E-state index in [2.05, 4.69) is 41.5 Å². The maximum atomic E-state index is 5.02. The number of rotatable bonds is 9. The van der Waals surface area contributed by atoms with Crippen LogP contribution in [0.2, 0.25) is 0 Å². The van der Waals surface area contributed by atoms with Gasteiger partial charge in [0.05, 0.1) is 22.8 Å². The van der Waals surface area contributed by atoms with Crippen molar-refractivity contribution in [3.8, 4) is 22.6 Å². The van der Waals surface area contributed by atoms with Gasteiger partial charge in [0.25, 0.3) is 0 Å². The zero-order chi connectivity index (χ0) is 26.9. The molecule has 0 atom stereocenters. The van der Waals surface area contributed by atoms with Crippen LogP contribution < -0.4 is 10.6 Å². The summed E-state index contributed by atoms with van der Waals surface area (Å²) in [6, 6.07) is 40.5. The van der Waals surface area contributed by atoms with Crippen molar-refractivity contribution in [1.82, 2.24) is 9.97 Å². The fourth-order valence-corrected chi connectivity index (χ4v) is 4.34. The molecule has 0 radical (unpaired) electrons. The van der Waals surface area contributed by atoms with E-state index >= 15 is 0 Å². The quantitative estimate of drug-likeness (QED) is 0.196. The van der Waals surface area contributed by atoms with Crippen LogP contribution in [-0.2, 0) is 0 Å². The molecule has 0 saturated carbocycles. The molecule has 0 fully saturated rings. The molecular formula is C35H30N4. The lowest BCUT2D eigenvalue weighted by molar-refractivity contribution is 1.22. The zero-order valence-electron chi connectivity index (χ0n) is 21.9. The normalized spacial score (nSPS) is 11.6. The van der Waals surface area contributed by atoms with Crippen LogP contribution in [0.15, 0.2) is 152 Å². The molecule has 4 nitrogen and oxygen atoms in total. The van der Waals surface area contributed by atoms with Gasteiger partial charge in [0.15, 0.2) is 0 Å². The van der Waals surface area contributed by atoms with Gasteiger partial charge in [-0.15, -0.1) is 0 Å². The molecule has 5 rings (SSSR count). The number of nitrogens with one attached hydrogen (secondary N) is 2. The molecule has 0 aliphatic rings. The Morgan fingerprint density at radius 2 is 1.26 bits per heavy atom. The fourth-order valence-electron chi connectivity index (χ4n) is 4.34. The van der Waals surface area contributed by atoms with E-state index in [1.807, 2.05) is 122 Å². The third-order valence-electron chi connectivity index (χ3n) is 6.17. The van der Waals surface area contributed by atoms with Gasteiger partial charge in [-0.05, 0) is 67.6 Å². The van der Waals surface area contributed by atoms with Crippen LogP contribution >= 0.6 is 0 Å². The molecule has 0 amide bonds. The van der Waals surface area contributed by atoms with Gasteiger partial charge in [-0.3, -0.25) is 0 Å². The number of hydrogen-bond donors (Lipinski definition) is 2. The van der Waals surface area contributed by atoms with Crippen LogP contribution in [0.4, 0.5) is 17.1 Å². The summed E-state index contributed by atoms with van der Waals surface area (Å²) in [5, 5.41) is 7.02. The van der Waals surface area contributed by atoms with E-state index in [-0.39, 0.29) is 0 Å². The summed E-state index contributed by atoms with van der Waals surface area (Å²) in [6.45, 7) is 6.09. The monoisotopic (exact) mass is 506 g/mol. The van der Waals surface area contributed by atoms with E-state index < -0.39 is 0 Å². The van der Waals surface area contributed by atoms with E-state index in [1.165, 1.54) is 0 Å². The zero-order valence-corrected chi connectivity index (χ0v) is 21.9. The number of benzene rings is 3. The van der Waals surface area contributed by atoms with Gasteiger partial charge in [-0.25, -0.2) is 9.97 Å². The highest BCUT2D eigenvalue weighted by molar-refractivity contribution is 5.81. The molecule has 5 aromatic rings. The van der Waals surface area contributed by atoms with Gasteiger partial charge in [0, 0.05) is 33.9 Å². The van der Waals surface area contributed by atoms with Crippen molar-refractivity contribution < 1.29 is 0 Å². The lowest BCUT2D eigenvalue weighted by Crippen LogP contribution is -2.02. The Morgan fingerprint density at radius 1 is 0.641 bits per heavy atom. The summed E-state index contributed by atoms with van der Waals surface area (Å²) >= 11 is 0. The number of hydrogen-bond acceptors (Lipinski definition) is 4. The second kappa shape index (κ2) is 12.3. The van der Waals surface area contributed by atoms with Gasteiger partial charge in [0.1, 0.15) is 0 Å². The average Bonchev–Trinajstić information content (AvgIpc) is 2.99. The summed E-state index contributed by atoms with van der Waals surface area (Å²) < 4.78 is 0. The van der Waals surface area contributed by atoms with Crippen LogP contribution in [0.25, 0.3) is 28.2 Å². The third kappa shape index (κ3) is 6.20. The highest BCUT2D eigenvalue weighted by Crippen LogP contribution is 2.31. The van der Waals surface area contributed by atoms with Crippen LogP contribution in [0.3, 0.4) is 0 Å². The van der Waals surface area contributed by atoms with Crippen molar-refractivity contribution in [2.45, 2.75) is 6.92 Å².